The van der Waals surface area contributed by atoms with Crippen LogP contribution >= 0.6 is 0 Å². The molecule has 0 radical (unpaired) electrons. The molecule has 0 aliphatic heterocycles. The molecule has 128 valence electrons. The van der Waals surface area contributed by atoms with Crippen LogP contribution < -0.4 is 0 Å². The van der Waals surface area contributed by atoms with Gasteiger partial charge in [0.25, 0.3) is 0 Å². The average Bonchev–Trinajstić information content (AvgIpc) is 2.34. The Morgan fingerprint density at radius 2 is 1.43 bits per heavy atom. The highest BCUT2D eigenvalue weighted by Gasteiger charge is 2.33. The van der Waals surface area contributed by atoms with Gasteiger partial charge in [0, 0.05) is 27.4 Å². The SMILES string of the molecule is COC(OC)[SiH2]CCCOCCN([Si](C)(C)C)[Si](C)(C)C. The van der Waals surface area contributed by atoms with Gasteiger partial charge in [-0.25, -0.2) is 0 Å². The predicted octanol–water partition coefficient (Wildman–Crippen LogP) is 2.53. The fraction of sp³-hybridized carbons (Fsp3) is 1.00. The second kappa shape index (κ2) is 10.3. The van der Waals surface area contributed by atoms with Crippen molar-refractivity contribution in [2.75, 3.05) is 34.0 Å². The van der Waals surface area contributed by atoms with Crippen LogP contribution in [0, 0.1) is 0 Å². The second-order valence-electron chi connectivity index (χ2n) is 7.50. The molecular weight excluding hydrogens is 314 g/mol. The lowest BCUT2D eigenvalue weighted by Gasteiger charge is -2.43. The van der Waals surface area contributed by atoms with E-state index in [1.54, 1.807) is 14.2 Å². The summed E-state index contributed by atoms with van der Waals surface area (Å²) in [7, 11) is 0.685. The maximum Gasteiger partial charge on any atom is 0.134 e. The van der Waals surface area contributed by atoms with Gasteiger partial charge in [-0.05, 0) is 6.42 Å². The van der Waals surface area contributed by atoms with Gasteiger partial charge in [0.05, 0.1) is 16.1 Å². The fourth-order valence-corrected chi connectivity index (χ4v) is 13.7. The molecule has 4 nitrogen and oxygen atoms in total. The summed E-state index contributed by atoms with van der Waals surface area (Å²) in [6.45, 7) is 17.5. The normalized spacial score (nSPS) is 14.0. The van der Waals surface area contributed by atoms with Gasteiger partial charge in [-0.15, -0.1) is 0 Å². The molecule has 0 atom stereocenters. The van der Waals surface area contributed by atoms with Gasteiger partial charge in [0.1, 0.15) is 22.4 Å². The Kier molecular flexibility index (Phi) is 10.5. The van der Waals surface area contributed by atoms with Crippen molar-refractivity contribution >= 4 is 26.0 Å². The first-order valence-electron chi connectivity index (χ1n) is 8.04. The molecule has 0 saturated carbocycles. The molecule has 21 heavy (non-hydrogen) atoms. The minimum atomic E-state index is -1.23. The van der Waals surface area contributed by atoms with Crippen molar-refractivity contribution in [1.29, 1.82) is 0 Å². The molecule has 0 aromatic carbocycles. The van der Waals surface area contributed by atoms with Crippen LogP contribution in [0.25, 0.3) is 0 Å². The minimum absolute atomic E-state index is 0.0688. The van der Waals surface area contributed by atoms with Crippen LogP contribution in [0.2, 0.25) is 45.3 Å². The first-order valence-corrected chi connectivity index (χ1v) is 16.7. The lowest BCUT2D eigenvalue weighted by molar-refractivity contribution is -0.0442. The molecule has 0 aromatic heterocycles. The Balaban J connectivity index is 3.83. The molecule has 0 aliphatic carbocycles. The first-order chi connectivity index (χ1) is 9.62. The molecule has 0 fully saturated rings. The lowest BCUT2D eigenvalue weighted by atomic mass is 10.5. The quantitative estimate of drug-likeness (QED) is 0.307. The van der Waals surface area contributed by atoms with Crippen LogP contribution in [0.4, 0.5) is 0 Å². The van der Waals surface area contributed by atoms with E-state index in [-0.39, 0.29) is 15.4 Å². The van der Waals surface area contributed by atoms with Crippen LogP contribution in [0.3, 0.4) is 0 Å². The summed E-state index contributed by atoms with van der Waals surface area (Å²) in [4.78, 5) is 0. The molecule has 7 heteroatoms. The van der Waals surface area contributed by atoms with Crippen molar-refractivity contribution in [2.24, 2.45) is 0 Å². The van der Waals surface area contributed by atoms with Crippen LogP contribution in [0.5, 0.6) is 0 Å². The largest absolute Gasteiger partial charge is 0.380 e. The zero-order valence-electron chi connectivity index (χ0n) is 15.5. The van der Waals surface area contributed by atoms with Crippen LogP contribution in [-0.4, -0.2) is 70.1 Å². The van der Waals surface area contributed by atoms with Crippen molar-refractivity contribution in [3.05, 3.63) is 0 Å². The zero-order valence-corrected chi connectivity index (χ0v) is 18.9. The standard InChI is InChI=1S/C14H37NO3Si3/c1-16-14(17-2)19-13-9-11-18-12-10-15(20(3,4)5)21(6,7)8/h14H,9-13,19H2,1-8H3. The zero-order chi connectivity index (χ0) is 16.5. The monoisotopic (exact) mass is 351 g/mol. The molecule has 0 saturated heterocycles. The second-order valence-corrected chi connectivity index (χ2v) is 19.7. The number of hydrogen-bond acceptors (Lipinski definition) is 4. The first kappa shape index (κ1) is 21.5. The molecule has 0 unspecified atom stereocenters. The number of ether oxygens (including phenoxy) is 3. The van der Waals surface area contributed by atoms with E-state index < -0.39 is 16.5 Å². The highest BCUT2D eigenvalue weighted by Crippen LogP contribution is 2.19. The van der Waals surface area contributed by atoms with Crippen LogP contribution in [-0.2, 0) is 14.2 Å². The molecule has 0 aliphatic rings. The summed E-state index contributed by atoms with van der Waals surface area (Å²) >= 11 is 0. The van der Waals surface area contributed by atoms with E-state index in [9.17, 15) is 0 Å². The van der Waals surface area contributed by atoms with E-state index in [4.69, 9.17) is 14.2 Å². The fourth-order valence-electron chi connectivity index (χ4n) is 2.78. The number of nitrogens with zero attached hydrogens (tertiary/aromatic N) is 1. The van der Waals surface area contributed by atoms with Gasteiger partial charge < -0.3 is 18.4 Å². The van der Waals surface area contributed by atoms with Crippen LogP contribution in [0.15, 0.2) is 0 Å². The Bertz CT molecular complexity index is 249. The molecule has 0 rings (SSSR count). The third-order valence-electron chi connectivity index (χ3n) is 3.58. The Hall–Kier alpha value is 0.491. The highest BCUT2D eigenvalue weighted by molar-refractivity contribution is 6.89. The molecule has 0 heterocycles. The third-order valence-corrected chi connectivity index (χ3v) is 13.3. The van der Waals surface area contributed by atoms with E-state index in [0.717, 1.165) is 26.2 Å². The van der Waals surface area contributed by atoms with Crippen molar-refractivity contribution in [3.8, 4) is 0 Å². The van der Waals surface area contributed by atoms with Gasteiger partial charge in [-0.3, -0.25) is 0 Å². The third kappa shape index (κ3) is 9.98. The van der Waals surface area contributed by atoms with Crippen molar-refractivity contribution in [3.63, 3.8) is 0 Å². The van der Waals surface area contributed by atoms with Gasteiger partial charge in [-0.1, -0.05) is 45.3 Å². The van der Waals surface area contributed by atoms with Crippen molar-refractivity contribution in [1.82, 2.24) is 4.23 Å². The average molecular weight is 352 g/mol. The lowest BCUT2D eigenvalue weighted by Crippen LogP contribution is -2.59. The molecule has 0 N–H and O–H groups in total. The topological polar surface area (TPSA) is 30.9 Å². The smallest absolute Gasteiger partial charge is 0.134 e. The van der Waals surface area contributed by atoms with Gasteiger partial charge in [-0.2, -0.15) is 0 Å². The maximum atomic E-state index is 5.85. The van der Waals surface area contributed by atoms with Gasteiger partial charge in [0.2, 0.25) is 0 Å². The van der Waals surface area contributed by atoms with Crippen molar-refractivity contribution in [2.45, 2.75) is 57.7 Å². The minimum Gasteiger partial charge on any atom is -0.380 e. The Morgan fingerprint density at radius 1 is 0.905 bits per heavy atom. The van der Waals surface area contributed by atoms with Crippen LogP contribution in [0.1, 0.15) is 6.42 Å². The molecule has 0 bridgehead atoms. The number of rotatable bonds is 12. The Morgan fingerprint density at radius 3 is 1.86 bits per heavy atom. The predicted molar refractivity (Wildman–Crippen MR) is 100.0 cm³/mol. The number of hydrogen-bond donors (Lipinski definition) is 0. The molecule has 0 amide bonds. The summed E-state index contributed by atoms with van der Waals surface area (Å²) < 4.78 is 19.1. The van der Waals surface area contributed by atoms with E-state index in [0.29, 0.717) is 0 Å². The number of methoxy groups -OCH3 is 2. The molecular formula is C14H37NO3Si3. The summed E-state index contributed by atoms with van der Waals surface area (Å²) in [5.74, 6) is 0.0688. The van der Waals surface area contributed by atoms with E-state index in [1.807, 2.05) is 0 Å². The van der Waals surface area contributed by atoms with E-state index in [2.05, 4.69) is 43.5 Å². The summed E-state index contributed by atoms with van der Waals surface area (Å²) in [5.41, 5.74) is 0. The highest BCUT2D eigenvalue weighted by atomic mass is 28.4. The van der Waals surface area contributed by atoms with Crippen molar-refractivity contribution < 1.29 is 14.2 Å². The summed E-state index contributed by atoms with van der Waals surface area (Å²) in [5, 5.41) is 0. The van der Waals surface area contributed by atoms with Gasteiger partial charge in [0.15, 0.2) is 0 Å². The van der Waals surface area contributed by atoms with E-state index in [1.165, 1.54) is 6.04 Å². The molecule has 0 aromatic rings. The van der Waals surface area contributed by atoms with Gasteiger partial charge >= 0.3 is 0 Å². The summed E-state index contributed by atoms with van der Waals surface area (Å²) in [6, 6.07) is 1.22. The molecule has 0 spiro atoms. The Labute approximate surface area is 136 Å². The van der Waals surface area contributed by atoms with E-state index >= 15 is 0 Å². The maximum absolute atomic E-state index is 5.85. The summed E-state index contributed by atoms with van der Waals surface area (Å²) in [6.07, 6.45) is 1.13.